The Kier molecular flexibility index (Phi) is 5.78. The second kappa shape index (κ2) is 8.33. The van der Waals surface area contributed by atoms with Gasteiger partial charge in [-0.15, -0.1) is 0 Å². The molecule has 0 saturated heterocycles. The lowest BCUT2D eigenvalue weighted by molar-refractivity contribution is -0.143. The van der Waals surface area contributed by atoms with Crippen molar-refractivity contribution in [3.8, 4) is 0 Å². The zero-order valence-corrected chi connectivity index (χ0v) is 17.3. The Bertz CT molecular complexity index is 1130. The van der Waals surface area contributed by atoms with Crippen LogP contribution in [0.15, 0.2) is 42.5 Å². The second-order valence-corrected chi connectivity index (χ2v) is 7.99. The van der Waals surface area contributed by atoms with Crippen molar-refractivity contribution in [2.45, 2.75) is 37.3 Å². The van der Waals surface area contributed by atoms with Crippen LogP contribution in [0, 0.1) is 0 Å². The quantitative estimate of drug-likeness (QED) is 0.625. The molecule has 4 rings (SSSR count). The highest BCUT2D eigenvalue weighted by Crippen LogP contribution is 2.42. The van der Waals surface area contributed by atoms with Gasteiger partial charge in [0, 0.05) is 17.3 Å². The number of nitrogens with zero attached hydrogens (tertiary/aromatic N) is 1. The zero-order chi connectivity index (χ0) is 24.8. The first-order valence-corrected chi connectivity index (χ1v) is 10.1. The molecule has 180 valence electrons. The van der Waals surface area contributed by atoms with Crippen LogP contribution >= 0.6 is 0 Å². The number of nitrogens with one attached hydrogen (secondary N) is 2. The van der Waals surface area contributed by atoms with Gasteiger partial charge in [0.15, 0.2) is 0 Å². The summed E-state index contributed by atoms with van der Waals surface area (Å²) < 4.78 is 77.9. The van der Waals surface area contributed by atoms with Crippen molar-refractivity contribution < 1.29 is 40.7 Å². The molecule has 0 radical (unpaired) electrons. The van der Waals surface area contributed by atoms with Crippen LogP contribution in [0.2, 0.25) is 0 Å². The first kappa shape index (κ1) is 23.6. The fourth-order valence-corrected chi connectivity index (χ4v) is 3.83. The SMILES string of the molecule is O=C(CNC(=O)C1c2ccccc2C(=O)N1C1CC1)Nc1cc(C(F)(F)F)cc(C(F)(F)F)c1. The van der Waals surface area contributed by atoms with Crippen molar-refractivity contribution in [1.82, 2.24) is 10.2 Å². The molecular formula is C22H17F6N3O3. The number of halogens is 6. The minimum absolute atomic E-state index is 0.0571. The summed E-state index contributed by atoms with van der Waals surface area (Å²) in [4.78, 5) is 39.2. The molecule has 0 aromatic heterocycles. The van der Waals surface area contributed by atoms with Gasteiger partial charge in [-0.3, -0.25) is 14.4 Å². The van der Waals surface area contributed by atoms with Crippen LogP contribution in [0.3, 0.4) is 0 Å². The van der Waals surface area contributed by atoms with Gasteiger partial charge in [-0.2, -0.15) is 26.3 Å². The number of fused-ring (bicyclic) bond motifs is 1. The second-order valence-electron chi connectivity index (χ2n) is 7.99. The van der Waals surface area contributed by atoms with E-state index in [4.69, 9.17) is 0 Å². The minimum atomic E-state index is -5.07. The average molecular weight is 485 g/mol. The summed E-state index contributed by atoms with van der Waals surface area (Å²) in [5, 5.41) is 4.27. The van der Waals surface area contributed by atoms with Gasteiger partial charge < -0.3 is 15.5 Å². The van der Waals surface area contributed by atoms with Crippen LogP contribution in [0.5, 0.6) is 0 Å². The Labute approximate surface area is 188 Å². The molecule has 1 unspecified atom stereocenters. The first-order chi connectivity index (χ1) is 15.9. The van der Waals surface area contributed by atoms with Crippen LogP contribution in [0.1, 0.15) is 45.9 Å². The number of carbonyl (C=O) groups excluding carboxylic acids is 3. The summed E-state index contributed by atoms with van der Waals surface area (Å²) in [7, 11) is 0. The lowest BCUT2D eigenvalue weighted by atomic mass is 10.0. The molecule has 2 aliphatic rings. The molecule has 1 aliphatic carbocycles. The van der Waals surface area contributed by atoms with E-state index in [2.05, 4.69) is 5.32 Å². The number of amides is 3. The molecule has 1 atom stereocenters. The largest absolute Gasteiger partial charge is 0.416 e. The van der Waals surface area contributed by atoms with E-state index >= 15 is 0 Å². The van der Waals surface area contributed by atoms with Crippen LogP contribution < -0.4 is 10.6 Å². The third-order valence-corrected chi connectivity index (χ3v) is 5.48. The normalized spacial score (nSPS) is 18.0. The van der Waals surface area contributed by atoms with Crippen molar-refractivity contribution in [3.63, 3.8) is 0 Å². The van der Waals surface area contributed by atoms with Crippen molar-refractivity contribution in [1.29, 1.82) is 0 Å². The Hall–Kier alpha value is -3.57. The highest BCUT2D eigenvalue weighted by atomic mass is 19.4. The molecule has 1 saturated carbocycles. The van der Waals surface area contributed by atoms with Gasteiger partial charge in [0.2, 0.25) is 11.8 Å². The van der Waals surface area contributed by atoms with Gasteiger partial charge >= 0.3 is 12.4 Å². The van der Waals surface area contributed by atoms with Crippen molar-refractivity contribution in [3.05, 3.63) is 64.7 Å². The summed E-state index contributed by atoms with van der Waals surface area (Å²) in [6, 6.07) is 6.09. The minimum Gasteiger partial charge on any atom is -0.345 e. The maximum Gasteiger partial charge on any atom is 0.416 e. The monoisotopic (exact) mass is 485 g/mol. The van der Waals surface area contributed by atoms with Gasteiger partial charge in [-0.25, -0.2) is 0 Å². The van der Waals surface area contributed by atoms with Crippen LogP contribution in [-0.4, -0.2) is 35.2 Å². The average Bonchev–Trinajstić information content (AvgIpc) is 3.54. The number of hydrogen-bond acceptors (Lipinski definition) is 3. The summed E-state index contributed by atoms with van der Waals surface area (Å²) >= 11 is 0. The standard InChI is InChI=1S/C22H17F6N3O3/c23-21(24,25)11-7-12(22(26,27)28)9-13(8-11)30-17(32)10-29-19(33)18-15-3-1-2-4-16(15)20(34)31(18)14-5-6-14/h1-4,7-9,14,18H,5-6,10H2,(H,29,33)(H,30,32). The Balaban J connectivity index is 1.47. The van der Waals surface area contributed by atoms with Crippen LogP contribution in [-0.2, 0) is 21.9 Å². The predicted molar refractivity (Wildman–Crippen MR) is 106 cm³/mol. The number of alkyl halides is 6. The van der Waals surface area contributed by atoms with E-state index in [1.807, 2.05) is 5.32 Å². The van der Waals surface area contributed by atoms with E-state index in [0.717, 1.165) is 12.8 Å². The lowest BCUT2D eigenvalue weighted by Crippen LogP contribution is -2.42. The predicted octanol–water partition coefficient (Wildman–Crippen LogP) is 4.14. The third kappa shape index (κ3) is 4.70. The molecule has 2 N–H and O–H groups in total. The fraction of sp³-hybridized carbons (Fsp3) is 0.318. The van der Waals surface area contributed by atoms with E-state index in [9.17, 15) is 40.7 Å². The molecule has 1 fully saturated rings. The molecule has 6 nitrogen and oxygen atoms in total. The molecule has 2 aromatic carbocycles. The lowest BCUT2D eigenvalue weighted by Gasteiger charge is -2.24. The van der Waals surface area contributed by atoms with Crippen molar-refractivity contribution in [2.24, 2.45) is 0 Å². The van der Waals surface area contributed by atoms with E-state index in [1.54, 1.807) is 24.3 Å². The zero-order valence-electron chi connectivity index (χ0n) is 17.3. The van der Waals surface area contributed by atoms with Crippen LogP contribution in [0.4, 0.5) is 32.0 Å². The van der Waals surface area contributed by atoms with Crippen molar-refractivity contribution >= 4 is 23.4 Å². The molecule has 2 aromatic rings. The fourth-order valence-electron chi connectivity index (χ4n) is 3.83. The maximum absolute atomic E-state index is 13.0. The van der Waals surface area contributed by atoms with Gasteiger partial charge in [0.05, 0.1) is 17.7 Å². The number of hydrogen-bond donors (Lipinski definition) is 2. The summed E-state index contributed by atoms with van der Waals surface area (Å²) in [5.41, 5.74) is -3.05. The summed E-state index contributed by atoms with van der Waals surface area (Å²) in [6.45, 7) is -0.720. The van der Waals surface area contributed by atoms with E-state index in [1.165, 1.54) is 4.90 Å². The highest BCUT2D eigenvalue weighted by molar-refractivity contribution is 6.05. The first-order valence-electron chi connectivity index (χ1n) is 10.1. The topological polar surface area (TPSA) is 78.5 Å². The molecule has 0 bridgehead atoms. The van der Waals surface area contributed by atoms with Gasteiger partial charge in [0.1, 0.15) is 6.04 Å². The molecule has 0 spiro atoms. The van der Waals surface area contributed by atoms with Gasteiger partial charge in [-0.1, -0.05) is 18.2 Å². The van der Waals surface area contributed by atoms with Crippen molar-refractivity contribution in [2.75, 3.05) is 11.9 Å². The smallest absolute Gasteiger partial charge is 0.345 e. The number of rotatable bonds is 5. The summed E-state index contributed by atoms with van der Waals surface area (Å²) in [6.07, 6.45) is -8.69. The Morgan fingerprint density at radius 2 is 1.53 bits per heavy atom. The van der Waals surface area contributed by atoms with Gasteiger partial charge in [-0.05, 0) is 42.7 Å². The highest BCUT2D eigenvalue weighted by Gasteiger charge is 2.47. The Morgan fingerprint density at radius 3 is 2.09 bits per heavy atom. The number of carbonyl (C=O) groups is 3. The Morgan fingerprint density at radius 1 is 0.941 bits per heavy atom. The van der Waals surface area contributed by atoms with E-state index in [0.29, 0.717) is 23.3 Å². The van der Waals surface area contributed by atoms with E-state index < -0.39 is 53.6 Å². The molecule has 3 amide bonds. The molecule has 1 aliphatic heterocycles. The number of benzene rings is 2. The molecular weight excluding hydrogens is 468 g/mol. The molecule has 34 heavy (non-hydrogen) atoms. The third-order valence-electron chi connectivity index (χ3n) is 5.48. The molecule has 12 heteroatoms. The number of anilines is 1. The molecule has 1 heterocycles. The summed E-state index contributed by atoms with van der Waals surface area (Å²) in [5.74, 6) is -2.02. The van der Waals surface area contributed by atoms with Gasteiger partial charge in [0.25, 0.3) is 5.91 Å². The maximum atomic E-state index is 13.0. The van der Waals surface area contributed by atoms with Crippen LogP contribution in [0.25, 0.3) is 0 Å². The van der Waals surface area contributed by atoms with E-state index in [-0.39, 0.29) is 18.0 Å².